The van der Waals surface area contributed by atoms with Gasteiger partial charge in [-0.15, -0.1) is 11.8 Å². The van der Waals surface area contributed by atoms with Crippen molar-refractivity contribution in [2.75, 3.05) is 7.05 Å². The van der Waals surface area contributed by atoms with Gasteiger partial charge in [0.25, 0.3) is 0 Å². The Bertz CT molecular complexity index is 444. The quantitative estimate of drug-likeness (QED) is 0.792. The van der Waals surface area contributed by atoms with Gasteiger partial charge in [0.1, 0.15) is 11.6 Å². The largest absolute Gasteiger partial charge is 0.313 e. The molecule has 0 bridgehead atoms. The number of hydrogen-bond acceptors (Lipinski definition) is 1. The number of halogens is 2. The van der Waals surface area contributed by atoms with E-state index in [0.29, 0.717) is 18.4 Å². The lowest BCUT2D eigenvalue weighted by Crippen LogP contribution is -2.19. The predicted molar refractivity (Wildman–Crippen MR) is 65.6 cm³/mol. The zero-order valence-corrected chi connectivity index (χ0v) is 10.4. The van der Waals surface area contributed by atoms with E-state index in [1.54, 1.807) is 20.9 Å². The van der Waals surface area contributed by atoms with Crippen LogP contribution in [-0.4, -0.2) is 7.05 Å². The van der Waals surface area contributed by atoms with E-state index in [0.717, 1.165) is 0 Å². The molecule has 1 nitrogen and oxygen atoms in total. The molecule has 1 aromatic rings. The second-order valence-corrected chi connectivity index (χ2v) is 3.90. The molecule has 0 aliphatic rings. The zero-order chi connectivity index (χ0) is 12.8. The average Bonchev–Trinajstić information content (AvgIpc) is 2.32. The van der Waals surface area contributed by atoms with E-state index in [9.17, 15) is 8.78 Å². The van der Waals surface area contributed by atoms with Crippen LogP contribution in [0.1, 0.15) is 36.9 Å². The van der Waals surface area contributed by atoms with Gasteiger partial charge < -0.3 is 5.32 Å². The van der Waals surface area contributed by atoms with E-state index in [1.165, 1.54) is 12.1 Å². The maximum atomic E-state index is 13.9. The van der Waals surface area contributed by atoms with E-state index in [1.807, 2.05) is 0 Å². The topological polar surface area (TPSA) is 12.0 Å². The first kappa shape index (κ1) is 13.7. The van der Waals surface area contributed by atoms with Gasteiger partial charge in [0.2, 0.25) is 0 Å². The summed E-state index contributed by atoms with van der Waals surface area (Å²) in [7, 11) is 1.70. The predicted octanol–water partition coefficient (Wildman–Crippen LogP) is 3.34. The van der Waals surface area contributed by atoms with E-state index in [-0.39, 0.29) is 11.6 Å². The molecule has 1 N–H and O–H groups in total. The molecular weight excluding hydrogens is 220 g/mol. The Hall–Kier alpha value is -1.40. The Balaban J connectivity index is 3.01. The molecule has 0 saturated heterocycles. The van der Waals surface area contributed by atoms with Crippen molar-refractivity contribution >= 4 is 0 Å². The highest BCUT2D eigenvalue weighted by atomic mass is 19.1. The molecule has 0 radical (unpaired) electrons. The summed E-state index contributed by atoms with van der Waals surface area (Å²) in [6.45, 7) is 3.39. The van der Waals surface area contributed by atoms with Crippen molar-refractivity contribution in [2.24, 2.45) is 0 Å². The van der Waals surface area contributed by atoms with Crippen LogP contribution in [0.15, 0.2) is 12.1 Å². The molecule has 1 unspecified atom stereocenters. The van der Waals surface area contributed by atoms with Crippen LogP contribution in [0.4, 0.5) is 8.78 Å². The van der Waals surface area contributed by atoms with Crippen molar-refractivity contribution in [3.63, 3.8) is 0 Å². The van der Waals surface area contributed by atoms with Gasteiger partial charge in [-0.2, -0.15) is 0 Å². The smallest absolute Gasteiger partial charge is 0.133 e. The Morgan fingerprint density at radius 2 is 2.06 bits per heavy atom. The molecule has 3 heteroatoms. The number of rotatable bonds is 4. The fourth-order valence-electron chi connectivity index (χ4n) is 1.77. The number of benzene rings is 1. The van der Waals surface area contributed by atoms with Crippen molar-refractivity contribution in [2.45, 2.75) is 32.7 Å². The lowest BCUT2D eigenvalue weighted by Gasteiger charge is -2.18. The SMILES string of the molecule is CC#CCCC(NC)c1c(F)ccc(C)c1F. The molecule has 1 aromatic carbocycles. The second kappa shape index (κ2) is 6.36. The maximum absolute atomic E-state index is 13.9. The van der Waals surface area contributed by atoms with Gasteiger partial charge in [0.05, 0.1) is 0 Å². The molecule has 0 heterocycles. The Morgan fingerprint density at radius 1 is 1.35 bits per heavy atom. The van der Waals surface area contributed by atoms with Gasteiger partial charge in [-0.3, -0.25) is 0 Å². The highest BCUT2D eigenvalue weighted by Gasteiger charge is 2.19. The maximum Gasteiger partial charge on any atom is 0.133 e. The molecule has 17 heavy (non-hydrogen) atoms. The minimum atomic E-state index is -0.503. The molecule has 92 valence electrons. The van der Waals surface area contributed by atoms with Crippen LogP contribution in [0.3, 0.4) is 0 Å². The highest BCUT2D eigenvalue weighted by Crippen LogP contribution is 2.26. The van der Waals surface area contributed by atoms with Gasteiger partial charge in [0.15, 0.2) is 0 Å². The third kappa shape index (κ3) is 3.28. The molecule has 0 spiro atoms. The van der Waals surface area contributed by atoms with E-state index in [4.69, 9.17) is 0 Å². The van der Waals surface area contributed by atoms with E-state index < -0.39 is 11.6 Å². The van der Waals surface area contributed by atoms with Crippen LogP contribution in [0.2, 0.25) is 0 Å². The molecule has 0 aromatic heterocycles. The minimum absolute atomic E-state index is 0.116. The molecule has 1 atom stereocenters. The molecular formula is C14H17F2N. The molecule has 0 aliphatic carbocycles. The van der Waals surface area contributed by atoms with Gasteiger partial charge in [-0.1, -0.05) is 6.07 Å². The van der Waals surface area contributed by atoms with Crippen molar-refractivity contribution in [1.29, 1.82) is 0 Å². The molecule has 0 aliphatic heterocycles. The fourth-order valence-corrected chi connectivity index (χ4v) is 1.77. The number of hydrogen-bond donors (Lipinski definition) is 1. The summed E-state index contributed by atoms with van der Waals surface area (Å²) in [4.78, 5) is 0. The second-order valence-electron chi connectivity index (χ2n) is 3.90. The van der Waals surface area contributed by atoms with Crippen LogP contribution in [0.5, 0.6) is 0 Å². The Morgan fingerprint density at radius 3 is 2.65 bits per heavy atom. The average molecular weight is 237 g/mol. The lowest BCUT2D eigenvalue weighted by molar-refractivity contribution is 0.472. The standard InChI is InChI=1S/C14H17F2N/c1-4-5-6-7-12(17-3)13-11(15)9-8-10(2)14(13)16/h8-9,12,17H,6-7H2,1-3H3. The summed E-state index contributed by atoms with van der Waals surface area (Å²) in [6, 6.07) is 2.42. The Labute approximate surface area is 101 Å². The Kier molecular flexibility index (Phi) is 5.11. The van der Waals surface area contributed by atoms with Crippen molar-refractivity contribution in [3.05, 3.63) is 34.9 Å². The molecule has 0 saturated carbocycles. The summed E-state index contributed by atoms with van der Waals surface area (Å²) < 4.78 is 27.6. The van der Waals surface area contributed by atoms with Gasteiger partial charge in [-0.25, -0.2) is 8.78 Å². The van der Waals surface area contributed by atoms with Crippen molar-refractivity contribution < 1.29 is 8.78 Å². The summed E-state index contributed by atoms with van der Waals surface area (Å²) in [6.07, 6.45) is 1.21. The van der Waals surface area contributed by atoms with E-state index in [2.05, 4.69) is 17.2 Å². The van der Waals surface area contributed by atoms with Crippen LogP contribution in [-0.2, 0) is 0 Å². The van der Waals surface area contributed by atoms with Crippen LogP contribution >= 0.6 is 0 Å². The fraction of sp³-hybridized carbons (Fsp3) is 0.429. The third-order valence-corrected chi connectivity index (χ3v) is 2.75. The van der Waals surface area contributed by atoms with Gasteiger partial charge in [0, 0.05) is 18.0 Å². The number of aryl methyl sites for hydroxylation is 1. The van der Waals surface area contributed by atoms with Gasteiger partial charge >= 0.3 is 0 Å². The summed E-state index contributed by atoms with van der Waals surface area (Å²) in [5.74, 6) is 4.71. The van der Waals surface area contributed by atoms with Crippen LogP contribution < -0.4 is 5.32 Å². The summed E-state index contributed by atoms with van der Waals surface area (Å²) in [5, 5.41) is 2.94. The minimum Gasteiger partial charge on any atom is -0.313 e. The summed E-state index contributed by atoms with van der Waals surface area (Å²) in [5.41, 5.74) is 0.577. The molecule has 0 fully saturated rings. The number of nitrogens with one attached hydrogen (secondary N) is 1. The van der Waals surface area contributed by atoms with Gasteiger partial charge in [-0.05, 0) is 38.9 Å². The van der Waals surface area contributed by atoms with Crippen LogP contribution in [0.25, 0.3) is 0 Å². The first-order chi connectivity index (χ1) is 8.11. The highest BCUT2D eigenvalue weighted by molar-refractivity contribution is 5.29. The first-order valence-corrected chi connectivity index (χ1v) is 5.63. The van der Waals surface area contributed by atoms with E-state index >= 15 is 0 Å². The summed E-state index contributed by atoms with van der Waals surface area (Å²) >= 11 is 0. The van der Waals surface area contributed by atoms with Crippen molar-refractivity contribution in [1.82, 2.24) is 5.32 Å². The zero-order valence-electron chi connectivity index (χ0n) is 10.4. The van der Waals surface area contributed by atoms with Crippen LogP contribution in [0, 0.1) is 30.4 Å². The molecule has 0 amide bonds. The lowest BCUT2D eigenvalue weighted by atomic mass is 9.99. The third-order valence-electron chi connectivity index (χ3n) is 2.75. The normalized spacial score (nSPS) is 11.8. The monoisotopic (exact) mass is 237 g/mol. The molecule has 1 rings (SSSR count). The van der Waals surface area contributed by atoms with Crippen molar-refractivity contribution in [3.8, 4) is 11.8 Å². The first-order valence-electron chi connectivity index (χ1n) is 5.63.